The van der Waals surface area contributed by atoms with Crippen LogP contribution < -0.4 is 14.5 Å². The van der Waals surface area contributed by atoms with Crippen LogP contribution in [-0.4, -0.2) is 16.2 Å². The number of aromatic nitrogens is 2. The normalized spacial score (nSPS) is 13.5. The Hall–Kier alpha value is -5.81. The molecule has 0 radical (unpaired) electrons. The van der Waals surface area contributed by atoms with Crippen molar-refractivity contribution in [2.45, 2.75) is 52.4 Å². The van der Waals surface area contributed by atoms with E-state index in [1.54, 1.807) is 0 Å². The van der Waals surface area contributed by atoms with Crippen molar-refractivity contribution in [2.24, 2.45) is 0 Å². The molecule has 8 rings (SSSR count). The van der Waals surface area contributed by atoms with E-state index in [1.807, 2.05) is 6.20 Å². The molecule has 0 unspecified atom stereocenters. The molecule has 51 heavy (non-hydrogen) atoms. The van der Waals surface area contributed by atoms with E-state index < -0.39 is 0 Å². The zero-order valence-electron chi connectivity index (χ0n) is 30.3. The lowest BCUT2D eigenvalue weighted by Gasteiger charge is -2.24. The summed E-state index contributed by atoms with van der Waals surface area (Å²) in [6, 6.07) is 45.2. The first kappa shape index (κ1) is 32.4. The number of fused-ring (bicyclic) bond motifs is 3. The van der Waals surface area contributed by atoms with Crippen LogP contribution in [0.3, 0.4) is 0 Å². The summed E-state index contributed by atoms with van der Waals surface area (Å²) in [7, 11) is 0. The predicted octanol–water partition coefficient (Wildman–Crippen LogP) is 12.0. The molecule has 7 aromatic rings. The molecular weight excluding hydrogens is 625 g/mol. The first-order valence-electron chi connectivity index (χ1n) is 17.7. The summed E-state index contributed by atoms with van der Waals surface area (Å²) in [5.41, 5.74) is 9.35. The highest BCUT2D eigenvalue weighted by atomic mass is 16.5. The van der Waals surface area contributed by atoms with E-state index in [-0.39, 0.29) is 10.8 Å². The van der Waals surface area contributed by atoms with Gasteiger partial charge in [0.05, 0.1) is 17.7 Å². The molecule has 0 fully saturated rings. The summed E-state index contributed by atoms with van der Waals surface area (Å²) >= 11 is 0. The largest absolute Gasteiger partial charge is 0.457 e. The Morgan fingerprint density at radius 3 is 1.96 bits per heavy atom. The maximum absolute atomic E-state index is 6.77. The van der Waals surface area contributed by atoms with Crippen LogP contribution >= 0.6 is 0 Å². The van der Waals surface area contributed by atoms with Gasteiger partial charge in [0.1, 0.15) is 17.3 Å². The molecule has 1 aliphatic rings. The Morgan fingerprint density at radius 2 is 1.22 bits per heavy atom. The van der Waals surface area contributed by atoms with Gasteiger partial charge in [0, 0.05) is 52.9 Å². The van der Waals surface area contributed by atoms with E-state index in [4.69, 9.17) is 9.72 Å². The van der Waals surface area contributed by atoms with Crippen LogP contribution in [-0.2, 0) is 10.8 Å². The lowest BCUT2D eigenvalue weighted by atomic mass is 9.87. The number of ether oxygens (including phenoxy) is 1. The fraction of sp³-hybridized carbons (Fsp3) is 0.196. The molecule has 0 spiro atoms. The van der Waals surface area contributed by atoms with Crippen molar-refractivity contribution in [1.29, 1.82) is 0 Å². The predicted molar refractivity (Wildman–Crippen MR) is 213 cm³/mol. The molecule has 0 N–H and O–H groups in total. The van der Waals surface area contributed by atoms with Crippen molar-refractivity contribution in [2.75, 3.05) is 16.5 Å². The highest BCUT2D eigenvalue weighted by Crippen LogP contribution is 2.38. The smallest absolute Gasteiger partial charge is 0.137 e. The molecule has 5 nitrogen and oxygen atoms in total. The minimum Gasteiger partial charge on any atom is -0.457 e. The van der Waals surface area contributed by atoms with Crippen molar-refractivity contribution in [3.05, 3.63) is 157 Å². The third-order valence-corrected chi connectivity index (χ3v) is 9.85. The van der Waals surface area contributed by atoms with Crippen LogP contribution in [0.15, 0.2) is 146 Å². The third kappa shape index (κ3) is 6.36. The van der Waals surface area contributed by atoms with Gasteiger partial charge in [0.25, 0.3) is 0 Å². The van der Waals surface area contributed by atoms with Gasteiger partial charge in [-0.05, 0) is 87.7 Å². The topological polar surface area (TPSA) is 33.5 Å². The van der Waals surface area contributed by atoms with E-state index in [9.17, 15) is 0 Å². The lowest BCUT2D eigenvalue weighted by molar-refractivity contribution is 0.483. The minimum absolute atomic E-state index is 0.00461. The number of pyridine rings is 1. The van der Waals surface area contributed by atoms with Crippen molar-refractivity contribution in [3.63, 3.8) is 0 Å². The second kappa shape index (κ2) is 12.5. The van der Waals surface area contributed by atoms with Crippen molar-refractivity contribution in [3.8, 4) is 28.4 Å². The second-order valence-corrected chi connectivity index (χ2v) is 15.5. The zero-order chi connectivity index (χ0) is 35.3. The SMILES string of the molecule is CC(C)(C)c1ccc(N2C=CN(c3cc(Oc4ccc5c6ccccc6n(-c6cc(C(C)(C)C)ccn6)c5c4)cc(-c4ccccc4)c3)C2)cc1. The molecule has 0 saturated heterocycles. The highest BCUT2D eigenvalue weighted by molar-refractivity contribution is 6.09. The van der Waals surface area contributed by atoms with Gasteiger partial charge < -0.3 is 14.5 Å². The van der Waals surface area contributed by atoms with Gasteiger partial charge in [-0.2, -0.15) is 0 Å². The number of anilines is 2. The van der Waals surface area contributed by atoms with Crippen LogP contribution in [0.4, 0.5) is 11.4 Å². The maximum Gasteiger partial charge on any atom is 0.137 e. The number of hydrogen-bond acceptors (Lipinski definition) is 4. The summed E-state index contributed by atoms with van der Waals surface area (Å²) in [4.78, 5) is 9.40. The van der Waals surface area contributed by atoms with Gasteiger partial charge in [0.15, 0.2) is 0 Å². The maximum atomic E-state index is 6.77. The van der Waals surface area contributed by atoms with Crippen LogP contribution in [0.1, 0.15) is 52.7 Å². The molecule has 5 heteroatoms. The quantitative estimate of drug-likeness (QED) is 0.177. The molecule has 3 heterocycles. The zero-order valence-corrected chi connectivity index (χ0v) is 30.3. The molecule has 0 bridgehead atoms. The highest BCUT2D eigenvalue weighted by Gasteiger charge is 2.21. The van der Waals surface area contributed by atoms with Crippen molar-refractivity contribution >= 4 is 33.2 Å². The number of nitrogens with zero attached hydrogens (tertiary/aromatic N) is 4. The molecule has 2 aromatic heterocycles. The Bertz CT molecular complexity index is 2390. The summed E-state index contributed by atoms with van der Waals surface area (Å²) in [6.07, 6.45) is 6.22. The summed E-state index contributed by atoms with van der Waals surface area (Å²) < 4.78 is 9.03. The monoisotopic (exact) mass is 668 g/mol. The van der Waals surface area contributed by atoms with E-state index in [1.165, 1.54) is 22.2 Å². The van der Waals surface area contributed by atoms with Crippen LogP contribution in [0, 0.1) is 0 Å². The number of hydrogen-bond donors (Lipinski definition) is 0. The summed E-state index contributed by atoms with van der Waals surface area (Å²) in [6.45, 7) is 14.2. The van der Waals surface area contributed by atoms with Crippen LogP contribution in [0.25, 0.3) is 38.8 Å². The van der Waals surface area contributed by atoms with Gasteiger partial charge in [-0.3, -0.25) is 4.57 Å². The van der Waals surface area contributed by atoms with E-state index >= 15 is 0 Å². The van der Waals surface area contributed by atoms with E-state index in [0.717, 1.165) is 50.6 Å². The summed E-state index contributed by atoms with van der Waals surface area (Å²) in [5.74, 6) is 2.45. The molecule has 1 aliphatic heterocycles. The standard InChI is InChI=1S/C46H44N4O/c1-45(2,3)34-16-18-36(19-17-34)48-24-25-49(31-48)37-26-33(32-12-8-7-9-13-32)27-39(29-37)51-38-20-21-41-40-14-10-11-15-42(40)50(43(41)30-38)44-28-35(22-23-47-44)46(4,5)6/h7-30H,31H2,1-6H3. The van der Waals surface area contributed by atoms with Crippen LogP contribution in [0.5, 0.6) is 11.5 Å². The molecule has 0 aliphatic carbocycles. The Labute approximate surface area is 301 Å². The average molecular weight is 669 g/mol. The summed E-state index contributed by atoms with van der Waals surface area (Å²) in [5, 5.41) is 2.35. The first-order valence-corrected chi connectivity index (χ1v) is 17.7. The van der Waals surface area contributed by atoms with Gasteiger partial charge in [0.2, 0.25) is 0 Å². The van der Waals surface area contributed by atoms with Gasteiger partial charge in [-0.1, -0.05) is 102 Å². The average Bonchev–Trinajstić information content (AvgIpc) is 3.75. The Morgan fingerprint density at radius 1 is 0.529 bits per heavy atom. The fourth-order valence-corrected chi connectivity index (χ4v) is 6.92. The minimum atomic E-state index is 0.00461. The second-order valence-electron chi connectivity index (χ2n) is 15.5. The molecule has 5 aromatic carbocycles. The first-order chi connectivity index (χ1) is 24.5. The Balaban J connectivity index is 1.16. The number of rotatable bonds is 6. The van der Waals surface area contributed by atoms with Crippen molar-refractivity contribution < 1.29 is 4.74 Å². The molecule has 0 atom stereocenters. The number of para-hydroxylation sites is 1. The fourth-order valence-electron chi connectivity index (χ4n) is 6.92. The molecule has 0 amide bonds. The van der Waals surface area contributed by atoms with Crippen LogP contribution in [0.2, 0.25) is 0 Å². The molecular formula is C46H44N4O. The number of benzene rings is 5. The van der Waals surface area contributed by atoms with E-state index in [2.05, 4.69) is 196 Å². The lowest BCUT2D eigenvalue weighted by Crippen LogP contribution is -2.24. The van der Waals surface area contributed by atoms with Gasteiger partial charge in [-0.25, -0.2) is 4.98 Å². The van der Waals surface area contributed by atoms with Gasteiger partial charge >= 0.3 is 0 Å². The van der Waals surface area contributed by atoms with E-state index in [0.29, 0.717) is 6.67 Å². The molecule has 254 valence electrons. The Kier molecular flexibility index (Phi) is 7.94. The molecule has 0 saturated carbocycles. The third-order valence-electron chi connectivity index (χ3n) is 9.85. The van der Waals surface area contributed by atoms with Gasteiger partial charge in [-0.15, -0.1) is 0 Å². The van der Waals surface area contributed by atoms with Crippen molar-refractivity contribution in [1.82, 2.24) is 9.55 Å².